The lowest BCUT2D eigenvalue weighted by Crippen LogP contribution is -2.45. The quantitative estimate of drug-likeness (QED) is 0.327. The molecule has 2 aliphatic rings. The first-order valence-electron chi connectivity index (χ1n) is 14.1. The molecule has 2 saturated heterocycles. The van der Waals surface area contributed by atoms with Gasteiger partial charge in [0.1, 0.15) is 0 Å². The third-order valence-electron chi connectivity index (χ3n) is 8.62. The van der Waals surface area contributed by atoms with Crippen LogP contribution in [0.1, 0.15) is 81.5 Å². The van der Waals surface area contributed by atoms with Crippen molar-refractivity contribution in [1.82, 2.24) is 15.2 Å². The molecule has 0 radical (unpaired) electrons. The first kappa shape index (κ1) is 25.1. The third-order valence-corrected chi connectivity index (χ3v) is 8.62. The maximum absolute atomic E-state index is 13.8. The topological polar surface area (TPSA) is 48.1 Å². The Hall–Kier alpha value is -2.59. The molecular formula is C32H43N3O. The van der Waals surface area contributed by atoms with Crippen molar-refractivity contribution in [3.8, 4) is 11.3 Å². The number of benzene rings is 2. The van der Waals surface area contributed by atoms with Crippen molar-refractivity contribution in [2.75, 3.05) is 13.1 Å². The van der Waals surface area contributed by atoms with Gasteiger partial charge in [0.25, 0.3) is 0 Å². The van der Waals surface area contributed by atoms with Crippen LogP contribution >= 0.6 is 0 Å². The molecule has 0 atom stereocenters. The van der Waals surface area contributed by atoms with Crippen molar-refractivity contribution in [3.05, 3.63) is 58.7 Å². The fraction of sp³-hybridized carbons (Fsp3) is 0.531. The molecule has 3 heterocycles. The van der Waals surface area contributed by atoms with Gasteiger partial charge in [-0.15, -0.1) is 0 Å². The highest BCUT2D eigenvalue weighted by atomic mass is 16.2. The Bertz CT molecular complexity index is 1210. The molecule has 2 aliphatic heterocycles. The van der Waals surface area contributed by atoms with Crippen LogP contribution in [0, 0.1) is 13.8 Å². The van der Waals surface area contributed by atoms with E-state index in [4.69, 9.17) is 0 Å². The fourth-order valence-corrected chi connectivity index (χ4v) is 6.59. The molecule has 192 valence electrons. The Labute approximate surface area is 216 Å². The lowest BCUT2D eigenvalue weighted by Gasteiger charge is -2.33. The minimum atomic E-state index is -0.534. The number of nitrogens with zero attached hydrogens (tertiary/aromatic N) is 1. The molecule has 4 nitrogen and oxygen atoms in total. The number of carbonyl (C=O) groups is 1. The average molecular weight is 486 g/mol. The molecule has 0 spiro atoms. The van der Waals surface area contributed by atoms with Crippen LogP contribution in [0.3, 0.4) is 0 Å². The van der Waals surface area contributed by atoms with E-state index in [2.05, 4.69) is 86.2 Å². The standard InChI is InChI=1S/C32H43N3O/c1-6-7-15-33-16-14-27-28-20-24(32(4,5)31(36)35-25-9-10-26(35)12-11-25)8-13-29(28)34-30(27)23-18-21(2)17-22(3)19-23/h8,13,17-20,25-26,33-34H,6-7,9-12,14-16H2,1-5H3. The summed E-state index contributed by atoms with van der Waals surface area (Å²) in [4.78, 5) is 19.8. The van der Waals surface area contributed by atoms with Crippen LogP contribution in [0.2, 0.25) is 0 Å². The summed E-state index contributed by atoms with van der Waals surface area (Å²) < 4.78 is 0. The Morgan fingerprint density at radius 1 is 1.00 bits per heavy atom. The number of nitrogens with one attached hydrogen (secondary N) is 2. The maximum Gasteiger partial charge on any atom is 0.233 e. The van der Waals surface area contributed by atoms with E-state index in [0.29, 0.717) is 18.0 Å². The highest BCUT2D eigenvalue weighted by Gasteiger charge is 2.46. The van der Waals surface area contributed by atoms with E-state index in [1.807, 2.05) is 0 Å². The zero-order chi connectivity index (χ0) is 25.4. The van der Waals surface area contributed by atoms with Crippen molar-refractivity contribution in [1.29, 1.82) is 0 Å². The van der Waals surface area contributed by atoms with E-state index in [0.717, 1.165) is 30.6 Å². The van der Waals surface area contributed by atoms with Gasteiger partial charge in [0, 0.05) is 28.7 Å². The molecule has 2 aromatic carbocycles. The monoisotopic (exact) mass is 485 g/mol. The molecular weight excluding hydrogens is 442 g/mol. The van der Waals surface area contributed by atoms with Gasteiger partial charge in [-0.1, -0.05) is 36.6 Å². The summed E-state index contributed by atoms with van der Waals surface area (Å²) in [6, 6.07) is 14.4. The van der Waals surface area contributed by atoms with Crippen LogP contribution in [0.4, 0.5) is 0 Å². The van der Waals surface area contributed by atoms with Gasteiger partial charge < -0.3 is 15.2 Å². The SMILES string of the molecule is CCCCNCCc1c(-c2cc(C)cc(C)c2)[nH]c2ccc(C(C)(C)C(=O)N3C4CCC3CC4)cc12. The number of aryl methyl sites for hydroxylation is 2. The molecule has 3 aromatic rings. The van der Waals surface area contributed by atoms with Crippen molar-refractivity contribution in [2.45, 2.75) is 97.1 Å². The second-order valence-corrected chi connectivity index (χ2v) is 11.8. The van der Waals surface area contributed by atoms with Crippen LogP contribution < -0.4 is 5.32 Å². The summed E-state index contributed by atoms with van der Waals surface area (Å²) >= 11 is 0. The van der Waals surface area contributed by atoms with E-state index in [-0.39, 0.29) is 0 Å². The zero-order valence-corrected chi connectivity index (χ0v) is 22.8. The number of H-pyrrole nitrogens is 1. The van der Waals surface area contributed by atoms with Gasteiger partial charge >= 0.3 is 0 Å². The van der Waals surface area contributed by atoms with Crippen molar-refractivity contribution < 1.29 is 4.79 Å². The number of hydrogen-bond acceptors (Lipinski definition) is 2. The van der Waals surface area contributed by atoms with Crippen LogP contribution in [0.25, 0.3) is 22.2 Å². The number of rotatable bonds is 9. The zero-order valence-electron chi connectivity index (χ0n) is 22.8. The molecule has 2 fully saturated rings. The summed E-state index contributed by atoms with van der Waals surface area (Å²) in [6.45, 7) is 12.8. The number of aromatic nitrogens is 1. The van der Waals surface area contributed by atoms with Crippen molar-refractivity contribution >= 4 is 16.8 Å². The lowest BCUT2D eigenvalue weighted by molar-refractivity contribution is -0.137. The Morgan fingerprint density at radius 3 is 2.31 bits per heavy atom. The van der Waals surface area contributed by atoms with E-state index in [1.165, 1.54) is 71.9 Å². The van der Waals surface area contributed by atoms with Gasteiger partial charge in [0.05, 0.1) is 5.41 Å². The molecule has 0 aliphatic carbocycles. The van der Waals surface area contributed by atoms with Gasteiger partial charge in [-0.05, 0) is 120 Å². The van der Waals surface area contributed by atoms with Gasteiger partial charge in [-0.2, -0.15) is 0 Å². The molecule has 0 unspecified atom stereocenters. The van der Waals surface area contributed by atoms with Gasteiger partial charge in [0.2, 0.25) is 5.91 Å². The molecule has 1 aromatic heterocycles. The number of aromatic amines is 1. The Morgan fingerprint density at radius 2 is 1.67 bits per heavy atom. The number of hydrogen-bond donors (Lipinski definition) is 2. The number of fused-ring (bicyclic) bond motifs is 3. The van der Waals surface area contributed by atoms with Crippen LogP contribution in [0.15, 0.2) is 36.4 Å². The predicted octanol–water partition coefficient (Wildman–Crippen LogP) is 6.81. The summed E-state index contributed by atoms with van der Waals surface area (Å²) in [5.41, 5.74) is 8.12. The van der Waals surface area contributed by atoms with E-state index < -0.39 is 5.41 Å². The lowest BCUT2D eigenvalue weighted by atomic mass is 9.82. The van der Waals surface area contributed by atoms with E-state index in [9.17, 15) is 4.79 Å². The number of carbonyl (C=O) groups excluding carboxylic acids is 1. The highest BCUT2D eigenvalue weighted by Crippen LogP contribution is 2.42. The largest absolute Gasteiger partial charge is 0.354 e. The molecule has 2 bridgehead atoms. The number of unbranched alkanes of at least 4 members (excludes halogenated alkanes) is 1. The number of amides is 1. The van der Waals surface area contributed by atoms with Crippen molar-refractivity contribution in [2.24, 2.45) is 0 Å². The molecule has 0 saturated carbocycles. The molecule has 1 amide bonds. The van der Waals surface area contributed by atoms with Crippen LogP contribution in [-0.4, -0.2) is 41.0 Å². The Kier molecular flexibility index (Phi) is 7.00. The normalized spacial score (nSPS) is 19.5. The van der Waals surface area contributed by atoms with Gasteiger partial charge in [-0.25, -0.2) is 0 Å². The van der Waals surface area contributed by atoms with Crippen molar-refractivity contribution in [3.63, 3.8) is 0 Å². The minimum absolute atomic E-state index is 0.305. The fourth-order valence-electron chi connectivity index (χ4n) is 6.59. The molecule has 2 N–H and O–H groups in total. The molecule has 4 heteroatoms. The smallest absolute Gasteiger partial charge is 0.233 e. The van der Waals surface area contributed by atoms with Gasteiger partial charge in [0.15, 0.2) is 0 Å². The first-order valence-corrected chi connectivity index (χ1v) is 14.1. The van der Waals surface area contributed by atoms with Gasteiger partial charge in [-0.3, -0.25) is 4.79 Å². The van der Waals surface area contributed by atoms with E-state index >= 15 is 0 Å². The first-order chi connectivity index (χ1) is 17.3. The summed E-state index contributed by atoms with van der Waals surface area (Å²) in [6.07, 6.45) is 8.08. The highest BCUT2D eigenvalue weighted by molar-refractivity contribution is 5.94. The minimum Gasteiger partial charge on any atom is -0.354 e. The summed E-state index contributed by atoms with van der Waals surface area (Å²) in [7, 11) is 0. The molecule has 36 heavy (non-hydrogen) atoms. The summed E-state index contributed by atoms with van der Waals surface area (Å²) in [5, 5.41) is 4.89. The second-order valence-electron chi connectivity index (χ2n) is 11.8. The maximum atomic E-state index is 13.8. The third kappa shape index (κ3) is 4.61. The Balaban J connectivity index is 1.53. The summed E-state index contributed by atoms with van der Waals surface area (Å²) in [5.74, 6) is 0.305. The average Bonchev–Trinajstić information content (AvgIpc) is 3.55. The second kappa shape index (κ2) is 10.0. The molecule has 5 rings (SSSR count). The van der Waals surface area contributed by atoms with E-state index in [1.54, 1.807) is 0 Å². The van der Waals surface area contributed by atoms with Crippen LogP contribution in [-0.2, 0) is 16.6 Å². The predicted molar refractivity (Wildman–Crippen MR) is 151 cm³/mol. The van der Waals surface area contributed by atoms with Crippen LogP contribution in [0.5, 0.6) is 0 Å².